The van der Waals surface area contributed by atoms with Gasteiger partial charge in [-0.2, -0.15) is 5.10 Å². The second-order valence-corrected chi connectivity index (χ2v) is 7.51. The van der Waals surface area contributed by atoms with E-state index < -0.39 is 0 Å². The van der Waals surface area contributed by atoms with Crippen molar-refractivity contribution in [1.82, 2.24) is 15.6 Å². The third kappa shape index (κ3) is 6.46. The van der Waals surface area contributed by atoms with Gasteiger partial charge in [-0.3, -0.25) is 10.3 Å². The third-order valence-electron chi connectivity index (χ3n) is 4.22. The molecule has 1 aromatic carbocycles. The molecule has 0 saturated carbocycles. The van der Waals surface area contributed by atoms with Crippen LogP contribution in [0.25, 0.3) is 11.3 Å². The largest absolute Gasteiger partial charge is 0.455 e. The van der Waals surface area contributed by atoms with E-state index in [0.717, 1.165) is 51.4 Å². The van der Waals surface area contributed by atoms with Crippen molar-refractivity contribution in [3.05, 3.63) is 46.1 Å². The van der Waals surface area contributed by atoms with Gasteiger partial charge in [0.2, 0.25) is 0 Å². The van der Waals surface area contributed by atoms with Crippen molar-refractivity contribution in [2.45, 2.75) is 6.42 Å². The maximum Gasteiger partial charge on any atom is 0.186 e. The van der Waals surface area contributed by atoms with Gasteiger partial charge in [-0.15, -0.1) is 0 Å². The van der Waals surface area contributed by atoms with Crippen molar-refractivity contribution in [1.29, 1.82) is 0 Å². The quantitative estimate of drug-likeness (QED) is 0.295. The Balaban J connectivity index is 1.40. The fourth-order valence-electron chi connectivity index (χ4n) is 2.78. The van der Waals surface area contributed by atoms with Gasteiger partial charge >= 0.3 is 0 Å². The van der Waals surface area contributed by atoms with Gasteiger partial charge in [-0.25, -0.2) is 0 Å². The van der Waals surface area contributed by atoms with Crippen LogP contribution in [0.3, 0.4) is 0 Å². The first-order chi connectivity index (χ1) is 13.6. The molecular formula is C19H22Cl2N4O2S. The minimum atomic E-state index is 0.475. The number of furan rings is 1. The Labute approximate surface area is 179 Å². The van der Waals surface area contributed by atoms with E-state index in [1.165, 1.54) is 0 Å². The molecule has 3 rings (SSSR count). The first-order valence-corrected chi connectivity index (χ1v) is 10.2. The SMILES string of the molecule is S=C(NCCCN1CCOCC1)N/N=C/c1ccc(-c2cc(Cl)ccc2Cl)o1. The van der Waals surface area contributed by atoms with Crippen LogP contribution in [0, 0.1) is 0 Å². The van der Waals surface area contributed by atoms with Crippen LogP contribution in [0.2, 0.25) is 10.0 Å². The van der Waals surface area contributed by atoms with E-state index in [-0.39, 0.29) is 0 Å². The van der Waals surface area contributed by atoms with Gasteiger partial charge in [0, 0.05) is 30.2 Å². The molecule has 0 spiro atoms. The van der Waals surface area contributed by atoms with Crippen molar-refractivity contribution in [2.24, 2.45) is 5.10 Å². The number of hydrogen-bond donors (Lipinski definition) is 2. The highest BCUT2D eigenvalue weighted by atomic mass is 35.5. The van der Waals surface area contributed by atoms with Crippen molar-refractivity contribution in [2.75, 3.05) is 39.4 Å². The summed E-state index contributed by atoms with van der Waals surface area (Å²) in [5.41, 5.74) is 3.52. The highest BCUT2D eigenvalue weighted by Crippen LogP contribution is 2.31. The van der Waals surface area contributed by atoms with Crippen LogP contribution in [-0.4, -0.2) is 55.6 Å². The molecule has 150 valence electrons. The molecule has 28 heavy (non-hydrogen) atoms. The lowest BCUT2D eigenvalue weighted by Crippen LogP contribution is -2.39. The Morgan fingerprint density at radius 1 is 1.21 bits per heavy atom. The zero-order valence-corrected chi connectivity index (χ0v) is 17.6. The molecule has 0 aliphatic carbocycles. The molecule has 2 aromatic rings. The molecule has 1 aliphatic heterocycles. The van der Waals surface area contributed by atoms with Crippen molar-refractivity contribution in [3.63, 3.8) is 0 Å². The first-order valence-electron chi connectivity index (χ1n) is 9.04. The summed E-state index contributed by atoms with van der Waals surface area (Å²) in [4.78, 5) is 2.39. The molecule has 1 fully saturated rings. The molecule has 0 unspecified atom stereocenters. The molecule has 6 nitrogen and oxygen atoms in total. The Hall–Kier alpha value is -1.64. The molecule has 0 amide bonds. The molecule has 2 N–H and O–H groups in total. The molecular weight excluding hydrogens is 419 g/mol. The fraction of sp³-hybridized carbons (Fsp3) is 0.368. The van der Waals surface area contributed by atoms with Gasteiger partial charge in [-0.05, 0) is 55.5 Å². The molecule has 9 heteroatoms. The predicted molar refractivity (Wildman–Crippen MR) is 117 cm³/mol. The summed E-state index contributed by atoms with van der Waals surface area (Å²) < 4.78 is 11.1. The van der Waals surface area contributed by atoms with E-state index >= 15 is 0 Å². The Morgan fingerprint density at radius 2 is 2.04 bits per heavy atom. The van der Waals surface area contributed by atoms with E-state index in [9.17, 15) is 0 Å². The maximum atomic E-state index is 6.20. The van der Waals surface area contributed by atoms with Gasteiger partial charge in [-0.1, -0.05) is 23.2 Å². The summed E-state index contributed by atoms with van der Waals surface area (Å²) in [6.07, 6.45) is 2.57. The lowest BCUT2D eigenvalue weighted by molar-refractivity contribution is 0.0376. The maximum absolute atomic E-state index is 6.20. The van der Waals surface area contributed by atoms with Gasteiger partial charge in [0.1, 0.15) is 11.5 Å². The summed E-state index contributed by atoms with van der Waals surface area (Å²) in [5, 5.41) is 8.88. The van der Waals surface area contributed by atoms with E-state index in [4.69, 9.17) is 44.6 Å². The number of nitrogens with zero attached hydrogens (tertiary/aromatic N) is 2. The first kappa shape index (κ1) is 21.1. The summed E-state index contributed by atoms with van der Waals surface area (Å²) in [6, 6.07) is 8.85. The standard InChI is InChI=1S/C19H22Cl2N4O2S/c20-14-2-4-17(21)16(12-14)18-5-3-15(27-18)13-23-24-19(28)22-6-1-7-25-8-10-26-11-9-25/h2-5,12-13H,1,6-11H2,(H2,22,24,28)/b23-13+. The lowest BCUT2D eigenvalue weighted by atomic mass is 10.2. The number of nitrogens with one attached hydrogen (secondary N) is 2. The molecule has 2 heterocycles. The number of hydrogen-bond acceptors (Lipinski definition) is 5. The van der Waals surface area contributed by atoms with Crippen LogP contribution < -0.4 is 10.7 Å². The van der Waals surface area contributed by atoms with E-state index in [1.54, 1.807) is 30.5 Å². The molecule has 1 saturated heterocycles. The Bertz CT molecular complexity index is 822. The normalized spacial score (nSPS) is 15.1. The number of hydrazone groups is 1. The third-order valence-corrected chi connectivity index (χ3v) is 5.02. The summed E-state index contributed by atoms with van der Waals surface area (Å²) in [5.74, 6) is 1.20. The fourth-order valence-corrected chi connectivity index (χ4v) is 3.31. The highest BCUT2D eigenvalue weighted by molar-refractivity contribution is 7.80. The average molecular weight is 441 g/mol. The van der Waals surface area contributed by atoms with Crippen LogP contribution in [0.1, 0.15) is 12.2 Å². The van der Waals surface area contributed by atoms with Gasteiger partial charge in [0.05, 0.1) is 24.5 Å². The number of halogens is 2. The zero-order valence-electron chi connectivity index (χ0n) is 15.3. The monoisotopic (exact) mass is 440 g/mol. The molecule has 0 atom stereocenters. The number of thiocarbonyl (C=S) groups is 1. The Morgan fingerprint density at radius 3 is 2.86 bits per heavy atom. The lowest BCUT2D eigenvalue weighted by Gasteiger charge is -2.26. The van der Waals surface area contributed by atoms with E-state index in [1.807, 2.05) is 6.07 Å². The summed E-state index contributed by atoms with van der Waals surface area (Å²) >= 11 is 17.4. The van der Waals surface area contributed by atoms with Crippen LogP contribution >= 0.6 is 35.4 Å². The highest BCUT2D eigenvalue weighted by Gasteiger charge is 2.10. The zero-order chi connectivity index (χ0) is 19.8. The Kier molecular flexibility index (Phi) is 8.12. The molecule has 0 bridgehead atoms. The van der Waals surface area contributed by atoms with Crippen molar-refractivity contribution < 1.29 is 9.15 Å². The van der Waals surface area contributed by atoms with Crippen molar-refractivity contribution in [3.8, 4) is 11.3 Å². The van der Waals surface area contributed by atoms with Crippen molar-refractivity contribution >= 4 is 46.7 Å². The van der Waals surface area contributed by atoms with Gasteiger partial charge < -0.3 is 14.5 Å². The van der Waals surface area contributed by atoms with Gasteiger partial charge in [0.15, 0.2) is 5.11 Å². The summed E-state index contributed by atoms with van der Waals surface area (Å²) in [7, 11) is 0. The average Bonchev–Trinajstić information content (AvgIpc) is 3.16. The van der Waals surface area contributed by atoms with Gasteiger partial charge in [0.25, 0.3) is 0 Å². The molecule has 0 radical (unpaired) electrons. The minimum absolute atomic E-state index is 0.475. The number of rotatable bonds is 7. The number of benzene rings is 1. The number of morpholine rings is 1. The van der Waals surface area contributed by atoms with Crippen LogP contribution in [0.15, 0.2) is 39.9 Å². The van der Waals surface area contributed by atoms with Crippen LogP contribution in [0.4, 0.5) is 0 Å². The number of ether oxygens (including phenoxy) is 1. The second kappa shape index (κ2) is 10.8. The second-order valence-electron chi connectivity index (χ2n) is 6.26. The minimum Gasteiger partial charge on any atom is -0.455 e. The summed E-state index contributed by atoms with van der Waals surface area (Å²) in [6.45, 7) is 5.46. The van der Waals surface area contributed by atoms with Crippen LogP contribution in [-0.2, 0) is 4.74 Å². The van der Waals surface area contributed by atoms with Crippen LogP contribution in [0.5, 0.6) is 0 Å². The van der Waals surface area contributed by atoms with E-state index in [0.29, 0.717) is 26.7 Å². The van der Waals surface area contributed by atoms with E-state index in [2.05, 4.69) is 20.7 Å². The predicted octanol–water partition coefficient (Wildman–Crippen LogP) is 3.77. The molecule has 1 aromatic heterocycles. The smallest absolute Gasteiger partial charge is 0.186 e. The topological polar surface area (TPSA) is 62.0 Å². The molecule has 1 aliphatic rings.